The molecule has 1 fully saturated rings. The smallest absolute Gasteiger partial charge is 0.318 e. The predicted octanol–water partition coefficient (Wildman–Crippen LogP) is 1.56. The van der Waals surface area contributed by atoms with Crippen LogP contribution in [-0.4, -0.2) is 65.4 Å². The Morgan fingerprint density at radius 2 is 1.92 bits per heavy atom. The number of piperidine rings is 1. The number of imide groups is 1. The molecule has 0 saturated carbocycles. The van der Waals surface area contributed by atoms with E-state index in [2.05, 4.69) is 0 Å². The van der Waals surface area contributed by atoms with Crippen LogP contribution in [0.4, 0.5) is 4.39 Å². The van der Waals surface area contributed by atoms with Crippen molar-refractivity contribution >= 4 is 47.3 Å². The van der Waals surface area contributed by atoms with Crippen LogP contribution in [0.1, 0.15) is 25.8 Å². The molecule has 1 heterocycles. The summed E-state index contributed by atoms with van der Waals surface area (Å²) in [6.07, 6.45) is 0.556. The zero-order valence-electron chi connectivity index (χ0n) is 14.3. The molecule has 0 N–H and O–H groups in total. The molecule has 0 aliphatic carbocycles. The summed E-state index contributed by atoms with van der Waals surface area (Å²) in [6.45, 7) is 3.74. The number of carbonyl (C=O) groups excluding carboxylic acids is 3. The van der Waals surface area contributed by atoms with Crippen molar-refractivity contribution in [2.45, 2.75) is 26.7 Å². The number of esters is 1. The Labute approximate surface area is 162 Å². The van der Waals surface area contributed by atoms with E-state index in [4.69, 9.17) is 4.74 Å². The largest absolute Gasteiger partial charge is 0.465 e. The van der Waals surface area contributed by atoms with Crippen LogP contribution in [0, 0.1) is 17.7 Å². The minimum atomic E-state index is -0.930. The fourth-order valence-corrected chi connectivity index (χ4v) is 2.73. The molecule has 2 amide bonds. The average Bonchev–Trinajstić information content (AvgIpc) is 2.48. The summed E-state index contributed by atoms with van der Waals surface area (Å²) in [5, 5.41) is 0. The number of halogens is 1. The fourth-order valence-electron chi connectivity index (χ4n) is 2.73. The number of rotatable bonds is 5. The van der Waals surface area contributed by atoms with Crippen LogP contribution in [0.3, 0.4) is 0 Å². The fraction of sp³-hybridized carbons (Fsp3) is 0.471. The third-order valence-electron chi connectivity index (χ3n) is 3.98. The summed E-state index contributed by atoms with van der Waals surface area (Å²) < 4.78 is 17.8. The predicted molar refractivity (Wildman–Crippen MR) is 86.5 cm³/mol. The van der Waals surface area contributed by atoms with Gasteiger partial charge in [0.15, 0.2) is 0 Å². The van der Waals surface area contributed by atoms with E-state index >= 15 is 0 Å². The third kappa shape index (κ3) is 4.88. The van der Waals surface area contributed by atoms with Crippen molar-refractivity contribution in [3.8, 4) is 0 Å². The number of benzene rings is 1. The second-order valence-corrected chi connectivity index (χ2v) is 5.67. The van der Waals surface area contributed by atoms with Crippen molar-refractivity contribution in [2.75, 3.05) is 13.2 Å². The van der Waals surface area contributed by atoms with Crippen LogP contribution in [0.15, 0.2) is 24.3 Å². The molecule has 2 rings (SSSR count). The van der Waals surface area contributed by atoms with E-state index in [0.29, 0.717) is 6.42 Å². The van der Waals surface area contributed by atoms with Gasteiger partial charge in [-0.05, 0) is 37.0 Å². The number of amides is 2. The maximum absolute atomic E-state index is 12.9. The van der Waals surface area contributed by atoms with Gasteiger partial charge in [-0.25, -0.2) is 4.39 Å². The molecule has 1 aliphatic heterocycles. The van der Waals surface area contributed by atoms with E-state index in [1.54, 1.807) is 26.0 Å². The molecule has 1 saturated heterocycles. The van der Waals surface area contributed by atoms with E-state index in [9.17, 15) is 18.8 Å². The minimum absolute atomic E-state index is 0. The van der Waals surface area contributed by atoms with E-state index < -0.39 is 17.8 Å². The van der Waals surface area contributed by atoms with Crippen molar-refractivity contribution in [2.24, 2.45) is 11.8 Å². The van der Waals surface area contributed by atoms with Crippen LogP contribution in [-0.2, 0) is 25.5 Å². The second kappa shape index (κ2) is 9.30. The molecule has 0 aromatic heterocycles. The Kier molecular flexibility index (Phi) is 8.06. The van der Waals surface area contributed by atoms with E-state index in [0.717, 1.165) is 10.5 Å². The maximum Gasteiger partial charge on any atom is 0.318 e. The van der Waals surface area contributed by atoms with Crippen LogP contribution >= 0.6 is 0 Å². The molecule has 2 unspecified atom stereocenters. The van der Waals surface area contributed by atoms with Gasteiger partial charge < -0.3 is 4.74 Å². The SMILES string of the molecule is CCOC(=O)C1C(=O)N(CCc2ccc(F)cc2)C(=O)CC1C.[Na]. The van der Waals surface area contributed by atoms with Crippen LogP contribution in [0.2, 0.25) is 0 Å². The van der Waals surface area contributed by atoms with Gasteiger partial charge in [-0.3, -0.25) is 19.3 Å². The molecule has 24 heavy (non-hydrogen) atoms. The summed E-state index contributed by atoms with van der Waals surface area (Å²) in [5.74, 6) is -3.00. The Morgan fingerprint density at radius 1 is 1.29 bits per heavy atom. The van der Waals surface area contributed by atoms with Crippen molar-refractivity contribution < 1.29 is 23.5 Å². The van der Waals surface area contributed by atoms with E-state index in [1.807, 2.05) is 0 Å². The quantitative estimate of drug-likeness (QED) is 0.352. The first-order valence-corrected chi connectivity index (χ1v) is 7.69. The summed E-state index contributed by atoms with van der Waals surface area (Å²) >= 11 is 0. The topological polar surface area (TPSA) is 63.7 Å². The van der Waals surface area contributed by atoms with Crippen LogP contribution < -0.4 is 0 Å². The number of hydrogen-bond acceptors (Lipinski definition) is 4. The molecule has 2 atom stereocenters. The van der Waals surface area contributed by atoms with Crippen LogP contribution in [0.5, 0.6) is 0 Å². The van der Waals surface area contributed by atoms with Gasteiger partial charge in [0.2, 0.25) is 11.8 Å². The summed E-state index contributed by atoms with van der Waals surface area (Å²) in [6, 6.07) is 5.89. The Bertz CT molecular complexity index is 605. The number of hydrogen-bond donors (Lipinski definition) is 0. The zero-order valence-corrected chi connectivity index (χ0v) is 16.3. The molecule has 1 aromatic carbocycles. The van der Waals surface area contributed by atoms with E-state index in [1.165, 1.54) is 12.1 Å². The first-order valence-electron chi connectivity index (χ1n) is 7.69. The molecule has 1 aromatic rings. The molecule has 5 nitrogen and oxygen atoms in total. The van der Waals surface area contributed by atoms with Gasteiger partial charge in [0, 0.05) is 42.5 Å². The van der Waals surface area contributed by atoms with Gasteiger partial charge in [0.1, 0.15) is 11.7 Å². The van der Waals surface area contributed by atoms with Crippen molar-refractivity contribution in [1.82, 2.24) is 4.90 Å². The maximum atomic E-state index is 12.9. The first kappa shape index (κ1) is 20.8. The van der Waals surface area contributed by atoms with Crippen LogP contribution in [0.25, 0.3) is 0 Å². The monoisotopic (exact) mass is 344 g/mol. The van der Waals surface area contributed by atoms with Gasteiger partial charge >= 0.3 is 5.97 Å². The van der Waals surface area contributed by atoms with Gasteiger partial charge in [-0.2, -0.15) is 0 Å². The van der Waals surface area contributed by atoms with Gasteiger partial charge in [-0.1, -0.05) is 19.1 Å². The standard InChI is InChI=1S/C17H20FNO4.Na/c1-3-23-17(22)15-11(2)10-14(20)19(16(15)21)9-8-12-4-6-13(18)7-5-12;/h4-7,11,15H,3,8-10H2,1-2H3;. The average molecular weight is 344 g/mol. The molecule has 1 aliphatic rings. The Hall–Kier alpha value is -1.24. The minimum Gasteiger partial charge on any atom is -0.465 e. The normalized spacial score (nSPS) is 20.5. The van der Waals surface area contributed by atoms with Crippen molar-refractivity contribution in [1.29, 1.82) is 0 Å². The summed E-state index contributed by atoms with van der Waals surface area (Å²) in [4.78, 5) is 37.7. The molecule has 125 valence electrons. The van der Waals surface area contributed by atoms with Crippen molar-refractivity contribution in [3.63, 3.8) is 0 Å². The second-order valence-electron chi connectivity index (χ2n) is 5.67. The first-order chi connectivity index (χ1) is 10.9. The third-order valence-corrected chi connectivity index (χ3v) is 3.98. The van der Waals surface area contributed by atoms with Crippen molar-refractivity contribution in [3.05, 3.63) is 35.6 Å². The number of likely N-dealkylation sites (tertiary alicyclic amines) is 1. The number of ether oxygens (including phenoxy) is 1. The van der Waals surface area contributed by atoms with Gasteiger partial charge in [-0.15, -0.1) is 0 Å². The molecule has 0 spiro atoms. The molecule has 0 bridgehead atoms. The molecular formula is C17H20FNNaO4. The Balaban J connectivity index is 0.00000288. The number of nitrogens with zero attached hydrogens (tertiary/aromatic N) is 1. The van der Waals surface area contributed by atoms with Gasteiger partial charge in [0.25, 0.3) is 0 Å². The summed E-state index contributed by atoms with van der Waals surface area (Å²) in [7, 11) is 0. The molecular weight excluding hydrogens is 324 g/mol. The molecule has 1 radical (unpaired) electrons. The summed E-state index contributed by atoms with van der Waals surface area (Å²) in [5.41, 5.74) is 0.818. The molecule has 7 heteroatoms. The Morgan fingerprint density at radius 3 is 2.50 bits per heavy atom. The van der Waals surface area contributed by atoms with Gasteiger partial charge in [0.05, 0.1) is 6.61 Å². The van der Waals surface area contributed by atoms with E-state index in [-0.39, 0.29) is 66.8 Å². The zero-order chi connectivity index (χ0) is 17.0. The number of carbonyl (C=O) groups is 3.